The van der Waals surface area contributed by atoms with E-state index in [9.17, 15) is 0 Å². The van der Waals surface area contributed by atoms with Gasteiger partial charge in [0.25, 0.3) is 0 Å². The summed E-state index contributed by atoms with van der Waals surface area (Å²) in [4.78, 5) is 4.31. The van der Waals surface area contributed by atoms with Gasteiger partial charge in [-0.25, -0.2) is 4.98 Å². The zero-order valence-electron chi connectivity index (χ0n) is 12.3. The molecule has 1 aromatic carbocycles. The van der Waals surface area contributed by atoms with Crippen molar-refractivity contribution >= 4 is 5.69 Å². The van der Waals surface area contributed by atoms with E-state index in [1.165, 1.54) is 11.1 Å². The summed E-state index contributed by atoms with van der Waals surface area (Å²) in [5.41, 5.74) is 3.67. The van der Waals surface area contributed by atoms with Crippen molar-refractivity contribution in [2.45, 2.75) is 25.9 Å². The van der Waals surface area contributed by atoms with Crippen LogP contribution in [-0.4, -0.2) is 18.1 Å². The maximum atomic E-state index is 5.61. The van der Waals surface area contributed by atoms with Gasteiger partial charge in [0, 0.05) is 12.7 Å². The summed E-state index contributed by atoms with van der Waals surface area (Å²) >= 11 is 0. The Balaban J connectivity index is 1.88. The quantitative estimate of drug-likeness (QED) is 0.905. The predicted molar refractivity (Wildman–Crippen MR) is 84.5 cm³/mol. The minimum absolute atomic E-state index is 0.277. The normalized spacial score (nSPS) is 17.7. The van der Waals surface area contributed by atoms with Crippen molar-refractivity contribution in [2.75, 3.05) is 18.5 Å². The Kier molecular flexibility index (Phi) is 4.36. The Labute approximate surface area is 125 Å². The maximum Gasteiger partial charge on any atom is 0.237 e. The lowest BCUT2D eigenvalue weighted by atomic mass is 9.99. The summed E-state index contributed by atoms with van der Waals surface area (Å²) in [6.07, 6.45) is 2.80. The molecule has 0 aliphatic carbocycles. The average Bonchev–Trinajstić information content (AvgIpc) is 2.72. The predicted octanol–water partition coefficient (Wildman–Crippen LogP) is 3.13. The Bertz CT molecular complexity index is 600. The second kappa shape index (κ2) is 6.59. The van der Waals surface area contributed by atoms with Crippen LogP contribution in [0.5, 0.6) is 5.88 Å². The van der Waals surface area contributed by atoms with E-state index in [2.05, 4.69) is 39.9 Å². The van der Waals surface area contributed by atoms with Crippen molar-refractivity contribution in [1.82, 2.24) is 10.3 Å². The zero-order valence-corrected chi connectivity index (χ0v) is 12.3. The van der Waals surface area contributed by atoms with E-state index in [4.69, 9.17) is 4.74 Å². The molecular weight excluding hydrogens is 262 g/mol. The number of benzene rings is 1. The van der Waals surface area contributed by atoms with Crippen LogP contribution >= 0.6 is 0 Å². The van der Waals surface area contributed by atoms with Crippen molar-refractivity contribution in [3.05, 3.63) is 53.7 Å². The van der Waals surface area contributed by atoms with Crippen LogP contribution in [0.4, 0.5) is 5.69 Å². The van der Waals surface area contributed by atoms with Crippen LogP contribution in [-0.2, 0) is 6.54 Å². The Morgan fingerprint density at radius 3 is 3.10 bits per heavy atom. The van der Waals surface area contributed by atoms with Crippen LogP contribution in [0.3, 0.4) is 0 Å². The molecule has 0 saturated carbocycles. The first kappa shape index (κ1) is 13.9. The largest absolute Gasteiger partial charge is 0.476 e. The summed E-state index contributed by atoms with van der Waals surface area (Å²) in [5.74, 6) is 0.676. The standard InChI is InChI=1S/C17H21N3O/c1-2-21-17-16(8-5-10-19-17)20-15-9-11-18-12-13-6-3-4-7-14(13)15/h3-8,10,15,18,20H,2,9,11-12H2,1H3. The molecule has 0 radical (unpaired) electrons. The third-order valence-electron chi connectivity index (χ3n) is 3.74. The van der Waals surface area contributed by atoms with Crippen molar-refractivity contribution in [3.63, 3.8) is 0 Å². The zero-order chi connectivity index (χ0) is 14.5. The minimum atomic E-state index is 0.277. The van der Waals surface area contributed by atoms with E-state index >= 15 is 0 Å². The molecule has 1 aliphatic rings. The van der Waals surface area contributed by atoms with Gasteiger partial charge in [0.15, 0.2) is 0 Å². The van der Waals surface area contributed by atoms with Crippen molar-refractivity contribution in [1.29, 1.82) is 0 Å². The topological polar surface area (TPSA) is 46.2 Å². The number of hydrogen-bond donors (Lipinski definition) is 2. The summed E-state index contributed by atoms with van der Waals surface area (Å²) in [5, 5.41) is 7.08. The number of nitrogens with zero attached hydrogens (tertiary/aromatic N) is 1. The monoisotopic (exact) mass is 283 g/mol. The molecule has 0 amide bonds. The molecular formula is C17H21N3O. The van der Waals surface area contributed by atoms with Gasteiger partial charge in [-0.2, -0.15) is 0 Å². The molecule has 3 rings (SSSR count). The van der Waals surface area contributed by atoms with Crippen LogP contribution in [0.15, 0.2) is 42.6 Å². The fourth-order valence-electron chi connectivity index (χ4n) is 2.75. The molecule has 4 heteroatoms. The van der Waals surface area contributed by atoms with Crippen LogP contribution < -0.4 is 15.4 Å². The van der Waals surface area contributed by atoms with E-state index in [0.29, 0.717) is 12.5 Å². The van der Waals surface area contributed by atoms with Gasteiger partial charge in [0.05, 0.1) is 18.3 Å². The SMILES string of the molecule is CCOc1ncccc1NC1CCNCc2ccccc21. The lowest BCUT2D eigenvalue weighted by Crippen LogP contribution is -2.15. The van der Waals surface area contributed by atoms with Gasteiger partial charge >= 0.3 is 0 Å². The van der Waals surface area contributed by atoms with Gasteiger partial charge < -0.3 is 15.4 Å². The molecule has 0 fully saturated rings. The highest BCUT2D eigenvalue weighted by atomic mass is 16.5. The van der Waals surface area contributed by atoms with Gasteiger partial charge in [-0.1, -0.05) is 24.3 Å². The number of pyridine rings is 1. The number of ether oxygens (including phenoxy) is 1. The molecule has 2 N–H and O–H groups in total. The summed E-state index contributed by atoms with van der Waals surface area (Å²) < 4.78 is 5.61. The number of fused-ring (bicyclic) bond motifs is 1. The molecule has 1 atom stereocenters. The lowest BCUT2D eigenvalue weighted by molar-refractivity contribution is 0.328. The molecule has 1 aromatic heterocycles. The molecule has 0 bridgehead atoms. The Hall–Kier alpha value is -2.07. The number of aromatic nitrogens is 1. The minimum Gasteiger partial charge on any atom is -0.476 e. The first-order valence-electron chi connectivity index (χ1n) is 7.51. The van der Waals surface area contributed by atoms with Gasteiger partial charge in [-0.3, -0.25) is 0 Å². The molecule has 1 aliphatic heterocycles. The number of hydrogen-bond acceptors (Lipinski definition) is 4. The summed E-state index contributed by atoms with van der Waals surface area (Å²) in [6.45, 7) is 4.52. The maximum absolute atomic E-state index is 5.61. The first-order chi connectivity index (χ1) is 10.4. The summed E-state index contributed by atoms with van der Waals surface area (Å²) in [6, 6.07) is 12.8. The van der Waals surface area contributed by atoms with E-state index in [1.54, 1.807) is 6.20 Å². The van der Waals surface area contributed by atoms with Gasteiger partial charge in [-0.15, -0.1) is 0 Å². The molecule has 4 nitrogen and oxygen atoms in total. The van der Waals surface area contributed by atoms with Gasteiger partial charge in [0.1, 0.15) is 0 Å². The average molecular weight is 283 g/mol. The van der Waals surface area contributed by atoms with E-state index < -0.39 is 0 Å². The lowest BCUT2D eigenvalue weighted by Gasteiger charge is -2.21. The molecule has 1 unspecified atom stereocenters. The van der Waals surface area contributed by atoms with Crippen molar-refractivity contribution in [3.8, 4) is 5.88 Å². The highest BCUT2D eigenvalue weighted by molar-refractivity contribution is 5.54. The fraction of sp³-hybridized carbons (Fsp3) is 0.353. The molecule has 2 aromatic rings. The fourth-order valence-corrected chi connectivity index (χ4v) is 2.75. The molecule has 0 saturated heterocycles. The molecule has 2 heterocycles. The van der Waals surface area contributed by atoms with Crippen LogP contribution in [0.25, 0.3) is 0 Å². The third kappa shape index (κ3) is 3.16. The Morgan fingerprint density at radius 2 is 2.19 bits per heavy atom. The summed E-state index contributed by atoms with van der Waals surface area (Å²) in [7, 11) is 0. The second-order valence-electron chi connectivity index (χ2n) is 5.15. The number of anilines is 1. The second-order valence-corrected chi connectivity index (χ2v) is 5.15. The van der Waals surface area contributed by atoms with Crippen molar-refractivity contribution < 1.29 is 4.74 Å². The molecule has 110 valence electrons. The Morgan fingerprint density at radius 1 is 1.29 bits per heavy atom. The molecule has 0 spiro atoms. The third-order valence-corrected chi connectivity index (χ3v) is 3.74. The highest BCUT2D eigenvalue weighted by Gasteiger charge is 2.19. The van der Waals surface area contributed by atoms with Crippen molar-refractivity contribution in [2.24, 2.45) is 0 Å². The number of nitrogens with one attached hydrogen (secondary N) is 2. The van der Waals surface area contributed by atoms with E-state index in [1.807, 2.05) is 19.1 Å². The van der Waals surface area contributed by atoms with E-state index in [0.717, 1.165) is 25.2 Å². The van der Waals surface area contributed by atoms with Crippen LogP contribution in [0, 0.1) is 0 Å². The number of rotatable bonds is 4. The van der Waals surface area contributed by atoms with E-state index in [-0.39, 0.29) is 6.04 Å². The first-order valence-corrected chi connectivity index (χ1v) is 7.51. The molecule has 21 heavy (non-hydrogen) atoms. The van der Waals surface area contributed by atoms with Gasteiger partial charge in [0.2, 0.25) is 5.88 Å². The van der Waals surface area contributed by atoms with Crippen LogP contribution in [0.1, 0.15) is 30.5 Å². The van der Waals surface area contributed by atoms with Gasteiger partial charge in [-0.05, 0) is 43.1 Å². The van der Waals surface area contributed by atoms with Crippen LogP contribution in [0.2, 0.25) is 0 Å². The smallest absolute Gasteiger partial charge is 0.237 e. The highest BCUT2D eigenvalue weighted by Crippen LogP contribution is 2.30.